The molecule has 0 aromatic heterocycles. The Morgan fingerprint density at radius 2 is 1.85 bits per heavy atom. The number of anilines is 1. The van der Waals surface area contributed by atoms with E-state index in [1.54, 1.807) is 0 Å². The largest absolute Gasteiger partial charge is 0.378 e. The van der Waals surface area contributed by atoms with Gasteiger partial charge in [-0.2, -0.15) is 0 Å². The van der Waals surface area contributed by atoms with Crippen LogP contribution >= 0.6 is 0 Å². The molecule has 3 aliphatic heterocycles. The van der Waals surface area contributed by atoms with Gasteiger partial charge in [0.05, 0.1) is 5.92 Å². The Hall–Kier alpha value is -2.30. The molecule has 1 aromatic rings. The summed E-state index contributed by atoms with van der Waals surface area (Å²) >= 11 is 0. The van der Waals surface area contributed by atoms with Gasteiger partial charge in [-0.3, -0.25) is 9.59 Å². The van der Waals surface area contributed by atoms with E-state index >= 15 is 0 Å². The van der Waals surface area contributed by atoms with Crippen LogP contribution in [-0.4, -0.2) is 61.4 Å². The van der Waals surface area contributed by atoms with E-state index in [1.807, 2.05) is 66.9 Å². The molecule has 0 unspecified atom stereocenters. The van der Waals surface area contributed by atoms with Gasteiger partial charge in [0, 0.05) is 51.0 Å². The zero-order chi connectivity index (χ0) is 18.8. The van der Waals surface area contributed by atoms with Crippen molar-refractivity contribution in [2.45, 2.75) is 32.7 Å². The predicted molar refractivity (Wildman–Crippen MR) is 104 cm³/mol. The van der Waals surface area contributed by atoms with Crippen LogP contribution in [0.3, 0.4) is 0 Å². The second-order valence-electron chi connectivity index (χ2n) is 7.85. The Balaban J connectivity index is 1.77. The molecular formula is C21H29N3O2. The van der Waals surface area contributed by atoms with E-state index < -0.39 is 0 Å². The lowest BCUT2D eigenvalue weighted by molar-refractivity contribution is -0.139. The number of benzene rings is 1. The van der Waals surface area contributed by atoms with Crippen molar-refractivity contribution in [3.8, 4) is 0 Å². The quantitative estimate of drug-likeness (QED) is 0.780. The highest BCUT2D eigenvalue weighted by Gasteiger charge is 2.41. The number of hydrogen-bond acceptors (Lipinski definition) is 3. The third-order valence-corrected chi connectivity index (χ3v) is 5.41. The van der Waals surface area contributed by atoms with E-state index in [1.165, 1.54) is 5.57 Å². The number of fused-ring (bicyclic) bond motifs is 4. The van der Waals surface area contributed by atoms with Crippen molar-refractivity contribution in [1.29, 1.82) is 0 Å². The molecule has 0 aliphatic carbocycles. The summed E-state index contributed by atoms with van der Waals surface area (Å²) in [6.45, 7) is 5.92. The summed E-state index contributed by atoms with van der Waals surface area (Å²) in [6, 6.07) is 7.82. The third kappa shape index (κ3) is 3.76. The molecule has 5 heteroatoms. The first-order valence-corrected chi connectivity index (χ1v) is 9.37. The van der Waals surface area contributed by atoms with Gasteiger partial charge in [0.2, 0.25) is 5.91 Å². The zero-order valence-corrected chi connectivity index (χ0v) is 16.2. The summed E-state index contributed by atoms with van der Waals surface area (Å²) in [6.07, 6.45) is 3.97. The smallest absolute Gasteiger partial charge is 0.253 e. The second-order valence-corrected chi connectivity index (χ2v) is 7.85. The molecule has 2 atom stereocenters. The lowest BCUT2D eigenvalue weighted by Gasteiger charge is -2.35. The van der Waals surface area contributed by atoms with Crippen LogP contribution in [0, 0.1) is 5.92 Å². The van der Waals surface area contributed by atoms with Crippen molar-refractivity contribution < 1.29 is 9.59 Å². The van der Waals surface area contributed by atoms with Crippen molar-refractivity contribution in [2.75, 3.05) is 38.6 Å². The van der Waals surface area contributed by atoms with Crippen molar-refractivity contribution >= 4 is 17.5 Å². The highest BCUT2D eigenvalue weighted by atomic mass is 16.2. The van der Waals surface area contributed by atoms with Gasteiger partial charge < -0.3 is 14.7 Å². The maximum absolute atomic E-state index is 13.0. The Morgan fingerprint density at radius 3 is 2.46 bits per heavy atom. The monoisotopic (exact) mass is 355 g/mol. The minimum absolute atomic E-state index is 0.0315. The van der Waals surface area contributed by atoms with Crippen molar-refractivity contribution in [3.63, 3.8) is 0 Å². The van der Waals surface area contributed by atoms with E-state index in [2.05, 4.69) is 6.08 Å². The van der Waals surface area contributed by atoms with Crippen molar-refractivity contribution in [2.24, 2.45) is 5.92 Å². The average molecular weight is 355 g/mol. The fraction of sp³-hybridized carbons (Fsp3) is 0.524. The average Bonchev–Trinajstić information content (AvgIpc) is 2.90. The normalized spacial score (nSPS) is 22.2. The first-order valence-electron chi connectivity index (χ1n) is 9.37. The molecule has 3 heterocycles. The SMILES string of the molecule is CC(C)=CCN1C(=O)[C@H]2CC[C@@H]1CN(C(=O)c1ccc(N(C)C)cc1)C2. The number of nitrogens with zero attached hydrogens (tertiary/aromatic N) is 3. The fourth-order valence-corrected chi connectivity index (χ4v) is 3.81. The second kappa shape index (κ2) is 7.52. The summed E-state index contributed by atoms with van der Waals surface area (Å²) in [7, 11) is 3.96. The predicted octanol–water partition coefficient (Wildman–Crippen LogP) is 2.78. The number of carbonyl (C=O) groups excluding carboxylic acids is 2. The molecule has 0 spiro atoms. The number of rotatable bonds is 4. The van der Waals surface area contributed by atoms with E-state index in [0.717, 1.165) is 18.5 Å². The molecule has 2 bridgehead atoms. The molecule has 0 radical (unpaired) electrons. The van der Waals surface area contributed by atoms with Crippen LogP contribution in [-0.2, 0) is 4.79 Å². The molecule has 5 nitrogen and oxygen atoms in total. The fourth-order valence-electron chi connectivity index (χ4n) is 3.81. The van der Waals surface area contributed by atoms with Crippen LogP contribution in [0.1, 0.15) is 37.0 Å². The summed E-state index contributed by atoms with van der Waals surface area (Å²) in [5, 5.41) is 0. The van der Waals surface area contributed by atoms with Crippen LogP contribution in [0.5, 0.6) is 0 Å². The number of hydrogen-bond donors (Lipinski definition) is 0. The molecule has 0 saturated carbocycles. The van der Waals surface area contributed by atoms with E-state index in [9.17, 15) is 9.59 Å². The molecule has 4 rings (SSSR count). The van der Waals surface area contributed by atoms with Crippen molar-refractivity contribution in [1.82, 2.24) is 9.80 Å². The minimum atomic E-state index is -0.0655. The Labute approximate surface area is 156 Å². The number of allylic oxidation sites excluding steroid dienone is 1. The molecule has 140 valence electrons. The van der Waals surface area contributed by atoms with E-state index in [0.29, 0.717) is 25.2 Å². The van der Waals surface area contributed by atoms with Gasteiger partial charge in [0.15, 0.2) is 0 Å². The lowest BCUT2D eigenvalue weighted by atomic mass is 9.94. The minimum Gasteiger partial charge on any atom is -0.378 e. The first-order chi connectivity index (χ1) is 12.4. The highest BCUT2D eigenvalue weighted by Crippen LogP contribution is 2.30. The molecule has 1 aromatic carbocycles. The number of piperidine rings is 1. The Kier molecular flexibility index (Phi) is 5.35. The standard InChI is InChI=1S/C21H29N3O2/c1-15(2)11-12-24-19-10-7-17(21(24)26)13-23(14-19)20(25)16-5-8-18(9-6-16)22(3)4/h5-6,8-9,11,17,19H,7,10,12-14H2,1-4H3/t17-,19+/m0/s1. The molecule has 3 fully saturated rings. The number of carbonyl (C=O) groups is 2. The summed E-state index contributed by atoms with van der Waals surface area (Å²) in [4.78, 5) is 31.7. The Morgan fingerprint density at radius 1 is 1.15 bits per heavy atom. The maximum atomic E-state index is 13.0. The van der Waals surface area contributed by atoms with Gasteiger partial charge in [-0.1, -0.05) is 11.6 Å². The van der Waals surface area contributed by atoms with E-state index in [-0.39, 0.29) is 23.8 Å². The molecular weight excluding hydrogens is 326 g/mol. The van der Waals surface area contributed by atoms with Crippen LogP contribution in [0.2, 0.25) is 0 Å². The van der Waals surface area contributed by atoms with Gasteiger partial charge in [-0.25, -0.2) is 0 Å². The third-order valence-electron chi connectivity index (χ3n) is 5.41. The molecule has 26 heavy (non-hydrogen) atoms. The molecule has 3 saturated heterocycles. The topological polar surface area (TPSA) is 43.9 Å². The molecule has 3 aliphatic rings. The van der Waals surface area contributed by atoms with Gasteiger partial charge in [-0.05, 0) is 51.0 Å². The van der Waals surface area contributed by atoms with Crippen LogP contribution in [0.4, 0.5) is 5.69 Å². The van der Waals surface area contributed by atoms with Crippen LogP contribution < -0.4 is 4.90 Å². The molecule has 0 N–H and O–H groups in total. The summed E-state index contributed by atoms with van der Waals surface area (Å²) in [5.74, 6) is 0.172. The van der Waals surface area contributed by atoms with Crippen molar-refractivity contribution in [3.05, 3.63) is 41.5 Å². The van der Waals surface area contributed by atoms with Gasteiger partial charge in [0.25, 0.3) is 5.91 Å². The van der Waals surface area contributed by atoms with Gasteiger partial charge in [0.1, 0.15) is 0 Å². The van der Waals surface area contributed by atoms with Crippen LogP contribution in [0.15, 0.2) is 35.9 Å². The maximum Gasteiger partial charge on any atom is 0.253 e. The van der Waals surface area contributed by atoms with Gasteiger partial charge in [-0.15, -0.1) is 0 Å². The highest BCUT2D eigenvalue weighted by molar-refractivity contribution is 5.95. The number of amides is 2. The zero-order valence-electron chi connectivity index (χ0n) is 16.2. The van der Waals surface area contributed by atoms with Crippen LogP contribution in [0.25, 0.3) is 0 Å². The lowest BCUT2D eigenvalue weighted by Crippen LogP contribution is -2.48. The van der Waals surface area contributed by atoms with Gasteiger partial charge >= 0.3 is 0 Å². The Bertz CT molecular complexity index is 704. The summed E-state index contributed by atoms with van der Waals surface area (Å²) in [5.41, 5.74) is 2.98. The molecule has 2 amide bonds. The van der Waals surface area contributed by atoms with E-state index in [4.69, 9.17) is 0 Å². The first kappa shape index (κ1) is 18.5. The summed E-state index contributed by atoms with van der Waals surface area (Å²) < 4.78 is 0.